The number of rotatable bonds is 5. The molecule has 0 fully saturated rings. The Kier molecular flexibility index (Phi) is 5.79. The van der Waals surface area contributed by atoms with Gasteiger partial charge in [-0.15, -0.1) is 0 Å². The molecular formula is C12H15Cl2NO2S. The largest absolute Gasteiger partial charge is 0.387 e. The maximum absolute atomic E-state index is 11.9. The second-order valence-corrected chi connectivity index (χ2v) is 6.01. The Hall–Kier alpha value is -0.420. The van der Waals surface area contributed by atoms with Crippen LogP contribution in [0.1, 0.15) is 17.3 Å². The average Bonchev–Trinajstić information content (AvgIpc) is 2.24. The molecule has 6 heteroatoms. The standard InChI is InChI=1S/C12H15Cl2NO2S/c1-12(17,7-18-2)6-15-11(16)8-3-9(13)5-10(14)4-8/h3-5,17H,6-7H2,1-2H3,(H,15,16). The van der Waals surface area contributed by atoms with Gasteiger partial charge in [-0.25, -0.2) is 0 Å². The highest BCUT2D eigenvalue weighted by Gasteiger charge is 2.20. The second kappa shape index (κ2) is 6.66. The summed E-state index contributed by atoms with van der Waals surface area (Å²) in [7, 11) is 0. The second-order valence-electron chi connectivity index (χ2n) is 4.27. The number of hydrogen-bond donors (Lipinski definition) is 2. The van der Waals surface area contributed by atoms with E-state index >= 15 is 0 Å². The highest BCUT2D eigenvalue weighted by molar-refractivity contribution is 7.98. The minimum atomic E-state index is -0.933. The molecule has 1 rings (SSSR count). The van der Waals surface area contributed by atoms with Gasteiger partial charge >= 0.3 is 0 Å². The van der Waals surface area contributed by atoms with E-state index in [0.717, 1.165) is 0 Å². The Bertz CT molecular complexity index is 418. The number of nitrogens with one attached hydrogen (secondary N) is 1. The molecule has 0 aliphatic heterocycles. The van der Waals surface area contributed by atoms with E-state index in [1.165, 1.54) is 23.9 Å². The van der Waals surface area contributed by atoms with E-state index in [2.05, 4.69) is 5.32 Å². The van der Waals surface area contributed by atoms with Crippen molar-refractivity contribution >= 4 is 40.9 Å². The number of halogens is 2. The van der Waals surface area contributed by atoms with Gasteiger partial charge in [-0.1, -0.05) is 23.2 Å². The fourth-order valence-electron chi connectivity index (χ4n) is 1.42. The molecule has 0 saturated heterocycles. The van der Waals surface area contributed by atoms with Crippen LogP contribution in [0.2, 0.25) is 10.0 Å². The Labute approximate surface area is 121 Å². The zero-order valence-corrected chi connectivity index (χ0v) is 12.5. The minimum Gasteiger partial charge on any atom is -0.387 e. The van der Waals surface area contributed by atoms with Gasteiger partial charge in [0.1, 0.15) is 0 Å². The topological polar surface area (TPSA) is 49.3 Å². The molecule has 0 heterocycles. The smallest absolute Gasteiger partial charge is 0.251 e. The summed E-state index contributed by atoms with van der Waals surface area (Å²) in [5.74, 6) is 0.240. The fraction of sp³-hybridized carbons (Fsp3) is 0.417. The zero-order chi connectivity index (χ0) is 13.8. The van der Waals surface area contributed by atoms with Crippen molar-refractivity contribution in [1.29, 1.82) is 0 Å². The average molecular weight is 308 g/mol. The summed E-state index contributed by atoms with van der Waals surface area (Å²) in [6.45, 7) is 1.85. The summed E-state index contributed by atoms with van der Waals surface area (Å²) < 4.78 is 0. The molecule has 3 nitrogen and oxygen atoms in total. The molecule has 0 spiro atoms. The number of benzene rings is 1. The van der Waals surface area contributed by atoms with Gasteiger partial charge in [0.2, 0.25) is 0 Å². The van der Waals surface area contributed by atoms with Crippen molar-refractivity contribution in [3.05, 3.63) is 33.8 Å². The molecule has 1 amide bonds. The number of carbonyl (C=O) groups excluding carboxylic acids is 1. The summed E-state index contributed by atoms with van der Waals surface area (Å²) in [5, 5.41) is 13.4. The molecule has 0 aliphatic rings. The summed E-state index contributed by atoms with van der Waals surface area (Å²) in [4.78, 5) is 11.9. The molecule has 0 radical (unpaired) electrons. The fourth-order valence-corrected chi connectivity index (χ4v) is 2.67. The van der Waals surface area contributed by atoms with Crippen LogP contribution in [-0.2, 0) is 0 Å². The quantitative estimate of drug-likeness (QED) is 0.879. The van der Waals surface area contributed by atoms with Gasteiger partial charge < -0.3 is 10.4 Å². The van der Waals surface area contributed by atoms with Gasteiger partial charge in [-0.05, 0) is 31.4 Å². The van der Waals surface area contributed by atoms with Crippen molar-refractivity contribution in [1.82, 2.24) is 5.32 Å². The number of amides is 1. The monoisotopic (exact) mass is 307 g/mol. The molecule has 1 aromatic rings. The Morgan fingerprint density at radius 1 is 1.39 bits per heavy atom. The highest BCUT2D eigenvalue weighted by atomic mass is 35.5. The molecule has 18 heavy (non-hydrogen) atoms. The molecule has 0 bridgehead atoms. The van der Waals surface area contributed by atoms with E-state index in [9.17, 15) is 9.90 Å². The van der Waals surface area contributed by atoms with E-state index in [-0.39, 0.29) is 12.5 Å². The first kappa shape index (κ1) is 15.6. The van der Waals surface area contributed by atoms with Crippen LogP contribution in [0.3, 0.4) is 0 Å². The molecule has 0 saturated carbocycles. The lowest BCUT2D eigenvalue weighted by Crippen LogP contribution is -2.42. The van der Waals surface area contributed by atoms with Gasteiger partial charge in [0, 0.05) is 27.9 Å². The van der Waals surface area contributed by atoms with E-state index in [1.54, 1.807) is 13.0 Å². The molecule has 1 unspecified atom stereocenters. The van der Waals surface area contributed by atoms with E-state index in [4.69, 9.17) is 23.2 Å². The first-order chi connectivity index (χ1) is 8.34. The molecule has 2 N–H and O–H groups in total. The maximum atomic E-state index is 11.9. The number of hydrogen-bond acceptors (Lipinski definition) is 3. The third-order valence-electron chi connectivity index (χ3n) is 2.21. The van der Waals surface area contributed by atoms with E-state index < -0.39 is 5.60 Å². The van der Waals surface area contributed by atoms with Gasteiger partial charge in [-0.3, -0.25) is 4.79 Å². The summed E-state index contributed by atoms with van der Waals surface area (Å²) in [6, 6.07) is 4.63. The van der Waals surface area contributed by atoms with Crippen molar-refractivity contribution in [2.24, 2.45) is 0 Å². The van der Waals surface area contributed by atoms with Crippen molar-refractivity contribution in [2.75, 3.05) is 18.6 Å². The van der Waals surface area contributed by atoms with E-state index in [1.807, 2.05) is 6.26 Å². The SMILES string of the molecule is CSCC(C)(O)CNC(=O)c1cc(Cl)cc(Cl)c1. The predicted molar refractivity (Wildman–Crippen MR) is 77.8 cm³/mol. The number of carbonyl (C=O) groups is 1. The van der Waals surface area contributed by atoms with Gasteiger partial charge in [-0.2, -0.15) is 11.8 Å². The normalized spacial score (nSPS) is 14.1. The van der Waals surface area contributed by atoms with Crippen LogP contribution in [0.15, 0.2) is 18.2 Å². The first-order valence-corrected chi connectivity index (χ1v) is 7.45. The van der Waals surface area contributed by atoms with Gasteiger partial charge in [0.25, 0.3) is 5.91 Å². The van der Waals surface area contributed by atoms with Crippen LogP contribution in [0.25, 0.3) is 0 Å². The third-order valence-corrected chi connectivity index (χ3v) is 3.56. The van der Waals surface area contributed by atoms with Crippen LogP contribution in [0.5, 0.6) is 0 Å². The van der Waals surface area contributed by atoms with Crippen LogP contribution >= 0.6 is 35.0 Å². The Morgan fingerprint density at radius 2 is 1.94 bits per heavy atom. The molecule has 100 valence electrons. The lowest BCUT2D eigenvalue weighted by molar-refractivity contribution is 0.0725. The van der Waals surface area contributed by atoms with E-state index in [0.29, 0.717) is 21.4 Å². The van der Waals surface area contributed by atoms with Gasteiger partial charge in [0.15, 0.2) is 0 Å². The summed E-state index contributed by atoms with van der Waals surface area (Å²) in [6.07, 6.45) is 1.90. The van der Waals surface area contributed by atoms with Crippen LogP contribution in [-0.4, -0.2) is 35.2 Å². The summed E-state index contributed by atoms with van der Waals surface area (Å²) >= 11 is 13.2. The van der Waals surface area contributed by atoms with Crippen molar-refractivity contribution in [3.63, 3.8) is 0 Å². The van der Waals surface area contributed by atoms with Crippen molar-refractivity contribution in [3.8, 4) is 0 Å². The molecule has 1 atom stereocenters. The number of aliphatic hydroxyl groups is 1. The minimum absolute atomic E-state index is 0.177. The molecule has 0 aromatic heterocycles. The van der Waals surface area contributed by atoms with Gasteiger partial charge in [0.05, 0.1) is 5.60 Å². The molecule has 1 aromatic carbocycles. The van der Waals surface area contributed by atoms with Crippen LogP contribution < -0.4 is 5.32 Å². The lowest BCUT2D eigenvalue weighted by Gasteiger charge is -2.22. The Morgan fingerprint density at radius 3 is 2.44 bits per heavy atom. The molecule has 0 aliphatic carbocycles. The highest BCUT2D eigenvalue weighted by Crippen LogP contribution is 2.19. The predicted octanol–water partition coefficient (Wildman–Crippen LogP) is 2.84. The Balaban J connectivity index is 2.66. The van der Waals surface area contributed by atoms with Crippen molar-refractivity contribution < 1.29 is 9.90 Å². The maximum Gasteiger partial charge on any atom is 0.251 e. The summed E-state index contributed by atoms with van der Waals surface area (Å²) in [5.41, 5.74) is -0.551. The third kappa shape index (κ3) is 5.06. The number of thioether (sulfide) groups is 1. The first-order valence-electron chi connectivity index (χ1n) is 5.30. The van der Waals surface area contributed by atoms with Crippen LogP contribution in [0.4, 0.5) is 0 Å². The van der Waals surface area contributed by atoms with Crippen molar-refractivity contribution in [2.45, 2.75) is 12.5 Å². The van der Waals surface area contributed by atoms with Crippen LogP contribution in [0, 0.1) is 0 Å². The lowest BCUT2D eigenvalue weighted by atomic mass is 10.1. The zero-order valence-electron chi connectivity index (χ0n) is 10.2. The molecular weight excluding hydrogens is 293 g/mol.